The van der Waals surface area contributed by atoms with Crippen molar-refractivity contribution in [1.29, 1.82) is 0 Å². The lowest BCUT2D eigenvalue weighted by Crippen LogP contribution is -2.48. The van der Waals surface area contributed by atoms with Gasteiger partial charge < -0.3 is 5.11 Å². The Bertz CT molecular complexity index is 487. The molecule has 2 unspecified atom stereocenters. The number of carboxylic acid groups (broad SMARTS) is 1. The molecule has 1 aromatic rings. The van der Waals surface area contributed by atoms with Crippen LogP contribution in [0.3, 0.4) is 0 Å². The minimum absolute atomic E-state index is 0.170. The van der Waals surface area contributed by atoms with Crippen LogP contribution in [0.15, 0.2) is 24.3 Å². The standard InChI is InChI=1S/C15H18INO2/c1-17-11-6-7-13(17)14(15(18)19)12(8-11)9-2-4-10(16)5-3-9/h2-5,11-14H,6-8H2,1H3,(H,18,19)/t11-,12-,13?,14?/m1/s1. The molecule has 3 nitrogen and oxygen atoms in total. The largest absolute Gasteiger partial charge is 0.481 e. The predicted octanol–water partition coefficient (Wildman–Crippen LogP) is 2.94. The number of fused-ring (bicyclic) bond motifs is 2. The molecular weight excluding hydrogens is 353 g/mol. The Balaban J connectivity index is 1.95. The molecule has 0 aromatic heterocycles. The topological polar surface area (TPSA) is 40.5 Å². The summed E-state index contributed by atoms with van der Waals surface area (Å²) in [5.41, 5.74) is 1.19. The van der Waals surface area contributed by atoms with Crippen molar-refractivity contribution in [3.05, 3.63) is 33.4 Å². The molecule has 1 N–H and O–H groups in total. The molecule has 0 spiro atoms. The van der Waals surface area contributed by atoms with Gasteiger partial charge in [0.05, 0.1) is 5.92 Å². The molecule has 0 radical (unpaired) electrons. The number of aliphatic carboxylic acids is 1. The number of rotatable bonds is 2. The number of nitrogens with zero attached hydrogens (tertiary/aromatic N) is 1. The van der Waals surface area contributed by atoms with Crippen molar-refractivity contribution < 1.29 is 9.90 Å². The molecule has 19 heavy (non-hydrogen) atoms. The Hall–Kier alpha value is -0.620. The number of carbonyl (C=O) groups is 1. The fourth-order valence-corrected chi connectivity index (χ4v) is 4.22. The molecule has 2 heterocycles. The van der Waals surface area contributed by atoms with Gasteiger partial charge >= 0.3 is 5.97 Å². The Labute approximate surface area is 127 Å². The van der Waals surface area contributed by atoms with Crippen molar-refractivity contribution in [3.63, 3.8) is 0 Å². The first-order valence-corrected chi connectivity index (χ1v) is 7.86. The van der Waals surface area contributed by atoms with Crippen LogP contribution < -0.4 is 0 Å². The first kappa shape index (κ1) is 13.4. The lowest BCUT2D eigenvalue weighted by atomic mass is 9.76. The lowest BCUT2D eigenvalue weighted by molar-refractivity contribution is -0.146. The first-order chi connectivity index (χ1) is 9.08. The average Bonchev–Trinajstić information content (AvgIpc) is 2.63. The quantitative estimate of drug-likeness (QED) is 0.813. The van der Waals surface area contributed by atoms with Gasteiger partial charge in [-0.2, -0.15) is 0 Å². The summed E-state index contributed by atoms with van der Waals surface area (Å²) in [6.07, 6.45) is 3.15. The van der Waals surface area contributed by atoms with Crippen molar-refractivity contribution in [2.75, 3.05) is 7.05 Å². The summed E-state index contributed by atoms with van der Waals surface area (Å²) in [5.74, 6) is -0.729. The minimum atomic E-state index is -0.638. The van der Waals surface area contributed by atoms with E-state index in [4.69, 9.17) is 0 Å². The van der Waals surface area contributed by atoms with E-state index in [0.29, 0.717) is 6.04 Å². The monoisotopic (exact) mass is 371 g/mol. The van der Waals surface area contributed by atoms with Crippen LogP contribution in [0.1, 0.15) is 30.7 Å². The van der Waals surface area contributed by atoms with Crippen LogP contribution in [0.25, 0.3) is 0 Å². The Morgan fingerprint density at radius 1 is 1.32 bits per heavy atom. The number of hydrogen-bond donors (Lipinski definition) is 1. The summed E-state index contributed by atoms with van der Waals surface area (Å²) in [5, 5.41) is 9.63. The average molecular weight is 371 g/mol. The highest BCUT2D eigenvalue weighted by atomic mass is 127. The van der Waals surface area contributed by atoms with Gasteiger partial charge in [0.1, 0.15) is 0 Å². The summed E-state index contributed by atoms with van der Waals surface area (Å²) in [4.78, 5) is 14.0. The van der Waals surface area contributed by atoms with Gasteiger partial charge in [-0.3, -0.25) is 9.69 Å². The van der Waals surface area contributed by atoms with Crippen molar-refractivity contribution >= 4 is 28.6 Å². The molecule has 4 heteroatoms. The van der Waals surface area contributed by atoms with Crippen LogP contribution in [0.2, 0.25) is 0 Å². The Morgan fingerprint density at radius 2 is 2.00 bits per heavy atom. The van der Waals surface area contributed by atoms with Gasteiger partial charge in [-0.05, 0) is 66.6 Å². The number of benzene rings is 1. The molecule has 0 amide bonds. The second-order valence-electron chi connectivity index (χ2n) is 5.72. The van der Waals surface area contributed by atoms with E-state index < -0.39 is 5.97 Å². The third kappa shape index (κ3) is 2.29. The van der Waals surface area contributed by atoms with Crippen molar-refractivity contribution in [2.24, 2.45) is 5.92 Å². The third-order valence-electron chi connectivity index (χ3n) is 4.85. The van der Waals surface area contributed by atoms with Gasteiger partial charge in [0.25, 0.3) is 0 Å². The lowest BCUT2D eigenvalue weighted by Gasteiger charge is -2.41. The highest BCUT2D eigenvalue weighted by Gasteiger charge is 2.49. The van der Waals surface area contributed by atoms with Gasteiger partial charge in [0, 0.05) is 21.6 Å². The molecule has 3 rings (SSSR count). The van der Waals surface area contributed by atoms with E-state index in [2.05, 4.69) is 58.8 Å². The molecule has 2 saturated heterocycles. The smallest absolute Gasteiger partial charge is 0.308 e. The van der Waals surface area contributed by atoms with E-state index in [-0.39, 0.29) is 17.9 Å². The van der Waals surface area contributed by atoms with Crippen LogP contribution in [-0.2, 0) is 4.79 Å². The highest BCUT2D eigenvalue weighted by molar-refractivity contribution is 14.1. The Morgan fingerprint density at radius 3 is 2.63 bits per heavy atom. The van der Waals surface area contributed by atoms with Crippen LogP contribution in [0.4, 0.5) is 0 Å². The molecular formula is C15H18INO2. The van der Waals surface area contributed by atoms with Crippen molar-refractivity contribution in [2.45, 2.75) is 37.3 Å². The number of piperidine rings is 1. The molecule has 2 aliphatic heterocycles. The van der Waals surface area contributed by atoms with Crippen LogP contribution >= 0.6 is 22.6 Å². The van der Waals surface area contributed by atoms with Crippen LogP contribution in [0, 0.1) is 9.49 Å². The summed E-state index contributed by atoms with van der Waals surface area (Å²) in [6.45, 7) is 0. The van der Waals surface area contributed by atoms with Gasteiger partial charge in [-0.25, -0.2) is 0 Å². The zero-order valence-corrected chi connectivity index (χ0v) is 13.1. The molecule has 0 saturated carbocycles. The van der Waals surface area contributed by atoms with E-state index >= 15 is 0 Å². The number of halogens is 1. The number of hydrogen-bond acceptors (Lipinski definition) is 2. The second kappa shape index (κ2) is 5.05. The van der Waals surface area contributed by atoms with Crippen LogP contribution in [-0.4, -0.2) is 35.1 Å². The van der Waals surface area contributed by atoms with E-state index in [0.717, 1.165) is 19.3 Å². The fourth-order valence-electron chi connectivity index (χ4n) is 3.86. The summed E-state index contributed by atoms with van der Waals surface area (Å²) >= 11 is 2.29. The van der Waals surface area contributed by atoms with Gasteiger partial charge in [-0.15, -0.1) is 0 Å². The summed E-state index contributed by atoms with van der Waals surface area (Å²) in [6, 6.07) is 9.13. The SMILES string of the molecule is CN1C2CC[C@@H]1C[C@H](c1ccc(I)cc1)C2C(=O)O. The molecule has 102 valence electrons. The highest BCUT2D eigenvalue weighted by Crippen LogP contribution is 2.46. The van der Waals surface area contributed by atoms with Gasteiger partial charge in [0.2, 0.25) is 0 Å². The Kier molecular flexibility index (Phi) is 3.55. The second-order valence-corrected chi connectivity index (χ2v) is 6.97. The summed E-state index contributed by atoms with van der Waals surface area (Å²) < 4.78 is 1.20. The molecule has 2 fully saturated rings. The molecule has 4 atom stereocenters. The maximum absolute atomic E-state index is 11.7. The molecule has 2 aliphatic rings. The molecule has 0 aliphatic carbocycles. The first-order valence-electron chi connectivity index (χ1n) is 6.78. The molecule has 1 aromatic carbocycles. The minimum Gasteiger partial charge on any atom is -0.481 e. The summed E-state index contributed by atoms with van der Waals surface area (Å²) in [7, 11) is 2.09. The van der Waals surface area contributed by atoms with Gasteiger partial charge in [0.15, 0.2) is 0 Å². The third-order valence-corrected chi connectivity index (χ3v) is 5.57. The molecule has 2 bridgehead atoms. The zero-order valence-electron chi connectivity index (χ0n) is 10.9. The van der Waals surface area contributed by atoms with Crippen LogP contribution in [0.5, 0.6) is 0 Å². The maximum Gasteiger partial charge on any atom is 0.308 e. The number of carboxylic acids is 1. The van der Waals surface area contributed by atoms with E-state index in [1.165, 1.54) is 9.13 Å². The maximum atomic E-state index is 11.7. The van der Waals surface area contributed by atoms with Crippen molar-refractivity contribution in [1.82, 2.24) is 4.90 Å². The fraction of sp³-hybridized carbons (Fsp3) is 0.533. The van der Waals surface area contributed by atoms with E-state index in [1.54, 1.807) is 0 Å². The van der Waals surface area contributed by atoms with E-state index in [1.807, 2.05) is 0 Å². The normalized spacial score (nSPS) is 34.4. The zero-order chi connectivity index (χ0) is 13.6. The predicted molar refractivity (Wildman–Crippen MR) is 82.2 cm³/mol. The van der Waals surface area contributed by atoms with E-state index in [9.17, 15) is 9.90 Å². The van der Waals surface area contributed by atoms with Crippen molar-refractivity contribution in [3.8, 4) is 0 Å². The van der Waals surface area contributed by atoms with Gasteiger partial charge in [-0.1, -0.05) is 12.1 Å².